The van der Waals surface area contributed by atoms with Gasteiger partial charge in [-0.3, -0.25) is 24.8 Å². The predicted octanol–water partition coefficient (Wildman–Crippen LogP) is 1.94. The second kappa shape index (κ2) is 7.22. The van der Waals surface area contributed by atoms with Gasteiger partial charge in [0.1, 0.15) is 4.83 Å². The average molecular weight is 450 g/mol. The number of thiazole rings is 1. The Labute approximate surface area is 173 Å². The Balaban J connectivity index is 1.48. The number of hydrogen-bond acceptors (Lipinski definition) is 7. The van der Waals surface area contributed by atoms with Crippen molar-refractivity contribution in [3.63, 3.8) is 0 Å². The molecule has 0 atom stereocenters. The third-order valence-corrected chi connectivity index (χ3v) is 7.71. The quantitative estimate of drug-likeness (QED) is 0.462. The summed E-state index contributed by atoms with van der Waals surface area (Å²) in [6.07, 6.45) is 1.88. The maximum absolute atomic E-state index is 12.4. The summed E-state index contributed by atoms with van der Waals surface area (Å²) in [4.78, 5) is 31.1. The summed E-state index contributed by atoms with van der Waals surface area (Å²) in [6, 6.07) is 7.29. The number of thiophene rings is 1. The molecule has 0 bridgehead atoms. The van der Waals surface area contributed by atoms with Gasteiger partial charge in [-0.05, 0) is 24.3 Å². The molecular weight excluding hydrogens is 434 g/mol. The van der Waals surface area contributed by atoms with E-state index in [0.29, 0.717) is 4.88 Å². The number of rotatable bonds is 4. The largest absolute Gasteiger partial charge is 0.289 e. The van der Waals surface area contributed by atoms with Crippen molar-refractivity contribution in [1.29, 1.82) is 0 Å². The normalized spacial score (nSPS) is 12.0. The number of hydrazine groups is 1. The van der Waals surface area contributed by atoms with Crippen molar-refractivity contribution in [3.05, 3.63) is 52.3 Å². The van der Waals surface area contributed by atoms with E-state index in [9.17, 15) is 18.0 Å². The van der Waals surface area contributed by atoms with E-state index in [1.165, 1.54) is 61.0 Å². The maximum Gasteiger partial charge on any atom is 0.279 e. The number of amides is 2. The van der Waals surface area contributed by atoms with Crippen molar-refractivity contribution < 1.29 is 18.0 Å². The van der Waals surface area contributed by atoms with Crippen molar-refractivity contribution in [2.24, 2.45) is 0 Å². The lowest BCUT2D eigenvalue weighted by molar-refractivity contribution is 0.0849. The summed E-state index contributed by atoms with van der Waals surface area (Å²) in [6.45, 7) is 0. The van der Waals surface area contributed by atoms with Gasteiger partial charge in [0.15, 0.2) is 4.96 Å². The number of hydrogen-bond donors (Lipinski definition) is 2. The lowest BCUT2D eigenvalue weighted by Gasteiger charge is -2.12. The SMILES string of the molecule is CN(C)S(=O)(=O)c1cccc(C(=O)NNC(=O)c2cc3c(nc4sccn43)s2)c1. The Morgan fingerprint density at radius 1 is 1.14 bits per heavy atom. The van der Waals surface area contributed by atoms with Gasteiger partial charge in [0.2, 0.25) is 10.0 Å². The second-order valence-electron chi connectivity index (χ2n) is 6.19. The molecule has 0 aliphatic heterocycles. The Hall–Kier alpha value is -2.80. The van der Waals surface area contributed by atoms with Crippen LogP contribution in [-0.2, 0) is 10.0 Å². The lowest BCUT2D eigenvalue weighted by Crippen LogP contribution is -2.41. The second-order valence-corrected chi connectivity index (χ2v) is 10.2. The molecular formula is C17H15N5O4S3. The van der Waals surface area contributed by atoms with E-state index < -0.39 is 21.8 Å². The summed E-state index contributed by atoms with van der Waals surface area (Å²) in [7, 11) is -0.855. The van der Waals surface area contributed by atoms with Gasteiger partial charge in [-0.1, -0.05) is 6.07 Å². The number of imidazole rings is 1. The topological polar surface area (TPSA) is 113 Å². The van der Waals surface area contributed by atoms with Crippen LogP contribution in [0.4, 0.5) is 0 Å². The molecule has 12 heteroatoms. The van der Waals surface area contributed by atoms with Gasteiger partial charge in [-0.15, -0.1) is 22.7 Å². The molecule has 0 spiro atoms. The lowest BCUT2D eigenvalue weighted by atomic mass is 10.2. The molecule has 9 nitrogen and oxygen atoms in total. The van der Waals surface area contributed by atoms with Gasteiger partial charge in [0, 0.05) is 31.2 Å². The zero-order valence-corrected chi connectivity index (χ0v) is 17.7. The van der Waals surface area contributed by atoms with E-state index in [1.54, 1.807) is 6.07 Å². The van der Waals surface area contributed by atoms with E-state index in [0.717, 1.165) is 19.6 Å². The fourth-order valence-corrected chi connectivity index (χ4v) is 5.26. The summed E-state index contributed by atoms with van der Waals surface area (Å²) >= 11 is 2.72. The van der Waals surface area contributed by atoms with Crippen LogP contribution in [-0.4, -0.2) is 48.0 Å². The van der Waals surface area contributed by atoms with Gasteiger partial charge in [-0.2, -0.15) is 0 Å². The number of benzene rings is 1. The van der Waals surface area contributed by atoms with Crippen LogP contribution in [0.1, 0.15) is 20.0 Å². The zero-order valence-electron chi connectivity index (χ0n) is 15.2. The highest BCUT2D eigenvalue weighted by Crippen LogP contribution is 2.28. The van der Waals surface area contributed by atoms with E-state index in [1.807, 2.05) is 16.0 Å². The predicted molar refractivity (Wildman–Crippen MR) is 111 cm³/mol. The Morgan fingerprint density at radius 3 is 2.66 bits per heavy atom. The summed E-state index contributed by atoms with van der Waals surface area (Å²) < 4.78 is 27.4. The van der Waals surface area contributed by atoms with E-state index in [4.69, 9.17) is 0 Å². The number of sulfonamides is 1. The Kier molecular flexibility index (Phi) is 4.86. The van der Waals surface area contributed by atoms with Crippen molar-refractivity contribution >= 4 is 59.8 Å². The van der Waals surface area contributed by atoms with Gasteiger partial charge in [0.25, 0.3) is 11.8 Å². The average Bonchev–Trinajstić information content (AvgIpc) is 3.38. The summed E-state index contributed by atoms with van der Waals surface area (Å²) in [5.41, 5.74) is 5.59. The summed E-state index contributed by atoms with van der Waals surface area (Å²) in [5, 5.41) is 1.91. The first kappa shape index (κ1) is 19.5. The molecule has 3 heterocycles. The summed E-state index contributed by atoms with van der Waals surface area (Å²) in [5.74, 6) is -1.11. The molecule has 150 valence electrons. The molecule has 3 aromatic heterocycles. The van der Waals surface area contributed by atoms with Crippen molar-refractivity contribution in [2.75, 3.05) is 14.1 Å². The van der Waals surface area contributed by atoms with Gasteiger partial charge in [0.05, 0.1) is 15.3 Å². The molecule has 4 aromatic rings. The van der Waals surface area contributed by atoms with Crippen LogP contribution in [0, 0.1) is 0 Å². The number of aromatic nitrogens is 2. The van der Waals surface area contributed by atoms with E-state index >= 15 is 0 Å². The number of fused-ring (bicyclic) bond motifs is 3. The molecule has 1 aromatic carbocycles. The molecule has 0 radical (unpaired) electrons. The molecule has 0 saturated carbocycles. The van der Waals surface area contributed by atoms with Crippen LogP contribution < -0.4 is 10.9 Å². The number of carbonyl (C=O) groups excluding carboxylic acids is 2. The Bertz CT molecular complexity index is 1350. The van der Waals surface area contributed by atoms with E-state index in [2.05, 4.69) is 15.8 Å². The smallest absolute Gasteiger partial charge is 0.279 e. The highest BCUT2D eigenvalue weighted by molar-refractivity contribution is 7.89. The number of carbonyl (C=O) groups is 2. The molecule has 0 saturated heterocycles. The minimum Gasteiger partial charge on any atom is -0.289 e. The third kappa shape index (κ3) is 3.51. The molecule has 0 aliphatic carbocycles. The standard InChI is InChI=1S/C17H15N5O4S3/c1-21(2)29(25,26)11-5-3-4-10(8-11)14(23)19-20-15(24)13-9-12-16(28-13)18-17-22(12)6-7-27-17/h3-9H,1-2H3,(H,19,23)(H,20,24). The fraction of sp³-hybridized carbons (Fsp3) is 0.118. The van der Waals surface area contributed by atoms with E-state index in [-0.39, 0.29) is 10.5 Å². The molecule has 2 N–H and O–H groups in total. The number of nitrogens with one attached hydrogen (secondary N) is 2. The van der Waals surface area contributed by atoms with Crippen LogP contribution in [0.2, 0.25) is 0 Å². The first-order valence-electron chi connectivity index (χ1n) is 8.26. The van der Waals surface area contributed by atoms with Crippen LogP contribution in [0.3, 0.4) is 0 Å². The highest BCUT2D eigenvalue weighted by Gasteiger charge is 2.19. The monoisotopic (exact) mass is 449 g/mol. The molecule has 0 unspecified atom stereocenters. The van der Waals surface area contributed by atoms with Crippen molar-refractivity contribution in [3.8, 4) is 0 Å². The van der Waals surface area contributed by atoms with Crippen molar-refractivity contribution in [2.45, 2.75) is 4.90 Å². The van der Waals surface area contributed by atoms with Crippen LogP contribution in [0.5, 0.6) is 0 Å². The minimum atomic E-state index is -3.67. The van der Waals surface area contributed by atoms with Crippen LogP contribution in [0.25, 0.3) is 15.3 Å². The van der Waals surface area contributed by atoms with Crippen molar-refractivity contribution in [1.82, 2.24) is 24.5 Å². The first-order chi connectivity index (χ1) is 13.8. The first-order valence-corrected chi connectivity index (χ1v) is 11.4. The number of nitrogens with zero attached hydrogens (tertiary/aromatic N) is 3. The minimum absolute atomic E-state index is 0.0126. The van der Waals surface area contributed by atoms with Crippen LogP contribution >= 0.6 is 22.7 Å². The zero-order chi connectivity index (χ0) is 20.8. The third-order valence-electron chi connectivity index (χ3n) is 4.13. The van der Waals surface area contributed by atoms with Gasteiger partial charge < -0.3 is 0 Å². The Morgan fingerprint density at radius 2 is 1.90 bits per heavy atom. The molecule has 0 aliphatic rings. The van der Waals surface area contributed by atoms with Gasteiger partial charge in [-0.25, -0.2) is 17.7 Å². The maximum atomic E-state index is 12.4. The highest BCUT2D eigenvalue weighted by atomic mass is 32.2. The molecule has 29 heavy (non-hydrogen) atoms. The fourth-order valence-electron chi connectivity index (χ4n) is 2.62. The molecule has 0 fully saturated rings. The van der Waals surface area contributed by atoms with Gasteiger partial charge >= 0.3 is 0 Å². The molecule has 4 rings (SSSR count). The van der Waals surface area contributed by atoms with Crippen LogP contribution in [0.15, 0.2) is 46.8 Å². The molecule has 2 amide bonds.